The van der Waals surface area contributed by atoms with Gasteiger partial charge in [0.1, 0.15) is 17.4 Å². The Morgan fingerprint density at radius 3 is 2.74 bits per heavy atom. The number of pyridine rings is 1. The normalized spacial score (nSPS) is 15.1. The SMILES string of the molecule is CCc1ccc2oc(NC3=NC(c4ccccc4Cl)C(C(=O)Nc4cc(C(=O)O)ccn4)=C(C)N3)nc2c1. The minimum atomic E-state index is -1.13. The molecule has 11 heteroatoms. The van der Waals surface area contributed by atoms with Gasteiger partial charge in [0.15, 0.2) is 5.58 Å². The van der Waals surface area contributed by atoms with E-state index in [0.717, 1.165) is 12.0 Å². The molecule has 2 aromatic heterocycles. The van der Waals surface area contributed by atoms with Crippen molar-refractivity contribution in [3.63, 3.8) is 0 Å². The molecule has 2 aromatic carbocycles. The van der Waals surface area contributed by atoms with Crippen LogP contribution in [0, 0.1) is 0 Å². The summed E-state index contributed by atoms with van der Waals surface area (Å²) in [6.45, 7) is 3.80. The minimum Gasteiger partial charge on any atom is -0.478 e. The Bertz CT molecular complexity index is 1630. The van der Waals surface area contributed by atoms with Gasteiger partial charge < -0.3 is 20.2 Å². The number of carboxylic acid groups (broad SMARTS) is 1. The average Bonchev–Trinajstić information content (AvgIpc) is 3.30. The first-order valence-electron chi connectivity index (χ1n) is 11.8. The number of aryl methyl sites for hydroxylation is 1. The summed E-state index contributed by atoms with van der Waals surface area (Å²) in [6.07, 6.45) is 2.19. The van der Waals surface area contributed by atoms with Gasteiger partial charge in [-0.05, 0) is 49.2 Å². The molecule has 0 radical (unpaired) electrons. The molecule has 192 valence electrons. The molecule has 10 nitrogen and oxygen atoms in total. The number of guanidine groups is 1. The summed E-state index contributed by atoms with van der Waals surface area (Å²) in [5.74, 6) is -1.22. The van der Waals surface area contributed by atoms with Crippen LogP contribution in [0.1, 0.15) is 41.4 Å². The van der Waals surface area contributed by atoms with E-state index in [1.165, 1.54) is 18.3 Å². The second-order valence-electron chi connectivity index (χ2n) is 8.55. The predicted molar refractivity (Wildman–Crippen MR) is 144 cm³/mol. The number of oxazole rings is 1. The van der Waals surface area contributed by atoms with Crippen LogP contribution in [0.4, 0.5) is 11.8 Å². The van der Waals surface area contributed by atoms with Gasteiger partial charge >= 0.3 is 12.0 Å². The van der Waals surface area contributed by atoms with Gasteiger partial charge in [-0.15, -0.1) is 0 Å². The second-order valence-corrected chi connectivity index (χ2v) is 8.96. The van der Waals surface area contributed by atoms with Gasteiger partial charge in [-0.25, -0.2) is 14.8 Å². The maximum Gasteiger partial charge on any atom is 0.335 e. The lowest BCUT2D eigenvalue weighted by molar-refractivity contribution is -0.113. The number of benzene rings is 2. The van der Waals surface area contributed by atoms with E-state index in [9.17, 15) is 14.7 Å². The number of fused-ring (bicyclic) bond motifs is 1. The van der Waals surface area contributed by atoms with Crippen molar-refractivity contribution < 1.29 is 19.1 Å². The molecule has 1 amide bonds. The maximum atomic E-state index is 13.4. The number of carboxylic acids is 1. The van der Waals surface area contributed by atoms with Crippen LogP contribution in [0.15, 0.2) is 81.5 Å². The fraction of sp³-hybridized carbons (Fsp3) is 0.148. The standard InChI is InChI=1S/C27H23ClN6O4/c1-3-15-8-9-20-19(12-15)31-27(38-20)34-26-30-14(2)22(23(33-26)17-6-4-5-7-18(17)28)24(35)32-21-13-16(25(36)37)10-11-29-21/h4-13,23H,3H2,1-2H3,(H,36,37)(H,29,32,35)(H2,30,31,33,34). The van der Waals surface area contributed by atoms with Crippen LogP contribution in [-0.4, -0.2) is 32.9 Å². The van der Waals surface area contributed by atoms with Gasteiger partial charge in [-0.2, -0.15) is 4.98 Å². The number of nitrogens with one attached hydrogen (secondary N) is 3. The van der Waals surface area contributed by atoms with E-state index < -0.39 is 17.9 Å². The van der Waals surface area contributed by atoms with Crippen molar-refractivity contribution in [1.29, 1.82) is 0 Å². The molecule has 3 heterocycles. The first-order valence-corrected chi connectivity index (χ1v) is 12.2. The number of nitrogens with zero attached hydrogens (tertiary/aromatic N) is 3. The molecule has 1 unspecified atom stereocenters. The average molecular weight is 531 g/mol. The third-order valence-corrected chi connectivity index (χ3v) is 6.36. The van der Waals surface area contributed by atoms with Gasteiger partial charge in [0, 0.05) is 22.5 Å². The summed E-state index contributed by atoms with van der Waals surface area (Å²) < 4.78 is 5.83. The summed E-state index contributed by atoms with van der Waals surface area (Å²) in [7, 11) is 0. The van der Waals surface area contributed by atoms with Gasteiger partial charge in [0.2, 0.25) is 5.96 Å². The monoisotopic (exact) mass is 530 g/mol. The van der Waals surface area contributed by atoms with Crippen LogP contribution in [0.3, 0.4) is 0 Å². The number of amides is 1. The molecule has 0 saturated heterocycles. The fourth-order valence-electron chi connectivity index (χ4n) is 4.12. The van der Waals surface area contributed by atoms with Gasteiger partial charge in [-0.1, -0.05) is 42.8 Å². The molecule has 1 atom stereocenters. The fourth-order valence-corrected chi connectivity index (χ4v) is 4.36. The molecular formula is C27H23ClN6O4. The summed E-state index contributed by atoms with van der Waals surface area (Å²) in [6, 6.07) is 15.0. The van der Waals surface area contributed by atoms with Crippen molar-refractivity contribution in [2.45, 2.75) is 26.3 Å². The number of aromatic carboxylic acids is 1. The van der Waals surface area contributed by atoms with Gasteiger partial charge in [-0.3, -0.25) is 10.1 Å². The van der Waals surface area contributed by atoms with E-state index in [0.29, 0.717) is 33.3 Å². The zero-order valence-electron chi connectivity index (χ0n) is 20.4. The highest BCUT2D eigenvalue weighted by Crippen LogP contribution is 2.35. The third-order valence-electron chi connectivity index (χ3n) is 6.02. The zero-order chi connectivity index (χ0) is 26.8. The zero-order valence-corrected chi connectivity index (χ0v) is 21.2. The molecule has 0 aliphatic carbocycles. The van der Waals surface area contributed by atoms with Gasteiger partial charge in [0.25, 0.3) is 5.91 Å². The van der Waals surface area contributed by atoms with Crippen LogP contribution >= 0.6 is 11.6 Å². The number of anilines is 2. The smallest absolute Gasteiger partial charge is 0.335 e. The van der Waals surface area contributed by atoms with E-state index >= 15 is 0 Å². The highest BCUT2D eigenvalue weighted by atomic mass is 35.5. The summed E-state index contributed by atoms with van der Waals surface area (Å²) >= 11 is 6.51. The Labute approximate surface area is 222 Å². The van der Waals surface area contributed by atoms with E-state index in [2.05, 4.69) is 32.8 Å². The van der Waals surface area contributed by atoms with Crippen molar-refractivity contribution in [1.82, 2.24) is 15.3 Å². The first kappa shape index (κ1) is 25.0. The number of rotatable bonds is 6. The first-order chi connectivity index (χ1) is 18.3. The number of carbonyl (C=O) groups is 2. The molecule has 4 N–H and O–H groups in total. The second kappa shape index (κ2) is 10.3. The Morgan fingerprint density at radius 1 is 1.16 bits per heavy atom. The van der Waals surface area contributed by atoms with Crippen LogP contribution in [0.25, 0.3) is 11.1 Å². The lowest BCUT2D eigenvalue weighted by atomic mass is 9.95. The number of carbonyl (C=O) groups excluding carboxylic acids is 1. The molecule has 0 fully saturated rings. The third kappa shape index (κ3) is 5.07. The molecule has 1 aliphatic rings. The number of allylic oxidation sites excluding steroid dienone is 1. The van der Waals surface area contributed by atoms with Crippen LogP contribution in [0.5, 0.6) is 0 Å². The van der Waals surface area contributed by atoms with Gasteiger partial charge in [0.05, 0.1) is 11.1 Å². The van der Waals surface area contributed by atoms with Crippen molar-refractivity contribution >= 4 is 52.4 Å². The van der Waals surface area contributed by atoms with E-state index in [-0.39, 0.29) is 23.0 Å². The highest BCUT2D eigenvalue weighted by molar-refractivity contribution is 6.31. The minimum absolute atomic E-state index is 0.000626. The molecule has 4 aromatic rings. The topological polar surface area (TPSA) is 142 Å². The van der Waals surface area contributed by atoms with E-state index in [1.807, 2.05) is 18.2 Å². The molecule has 0 bridgehead atoms. The van der Waals surface area contributed by atoms with Crippen molar-refractivity contribution in [2.24, 2.45) is 4.99 Å². The maximum absolute atomic E-state index is 13.4. The molecule has 1 aliphatic heterocycles. The number of aliphatic imine (C=N–C) groups is 1. The highest BCUT2D eigenvalue weighted by Gasteiger charge is 2.31. The van der Waals surface area contributed by atoms with E-state index in [4.69, 9.17) is 21.0 Å². The Hall–Kier alpha value is -4.70. The van der Waals surface area contributed by atoms with Crippen molar-refractivity contribution in [2.75, 3.05) is 10.6 Å². The molecule has 5 rings (SSSR count). The largest absolute Gasteiger partial charge is 0.478 e. The number of hydrogen-bond donors (Lipinski definition) is 4. The molecule has 0 saturated carbocycles. The number of aromatic nitrogens is 2. The van der Waals surface area contributed by atoms with Crippen LogP contribution in [0.2, 0.25) is 5.02 Å². The van der Waals surface area contributed by atoms with Crippen molar-refractivity contribution in [3.05, 3.63) is 93.8 Å². The lowest BCUT2D eigenvalue weighted by Crippen LogP contribution is -2.37. The molecule has 38 heavy (non-hydrogen) atoms. The Morgan fingerprint density at radius 2 is 1.97 bits per heavy atom. The Balaban J connectivity index is 1.47. The van der Waals surface area contributed by atoms with Crippen LogP contribution < -0.4 is 16.0 Å². The van der Waals surface area contributed by atoms with Crippen LogP contribution in [-0.2, 0) is 11.2 Å². The Kier molecular flexibility index (Phi) is 6.80. The van der Waals surface area contributed by atoms with E-state index in [1.54, 1.807) is 31.2 Å². The number of halogens is 1. The molecule has 0 spiro atoms. The number of hydrogen-bond acceptors (Lipinski definition) is 8. The predicted octanol–water partition coefficient (Wildman–Crippen LogP) is 5.16. The molecular weight excluding hydrogens is 508 g/mol. The quantitative estimate of drug-likeness (QED) is 0.268. The summed E-state index contributed by atoms with van der Waals surface area (Å²) in [5, 5.41) is 18.5. The lowest BCUT2D eigenvalue weighted by Gasteiger charge is -2.26. The van der Waals surface area contributed by atoms with Crippen molar-refractivity contribution in [3.8, 4) is 0 Å². The summed E-state index contributed by atoms with van der Waals surface area (Å²) in [4.78, 5) is 38.1. The summed E-state index contributed by atoms with van der Waals surface area (Å²) in [5.41, 5.74) is 3.89.